The molecule has 5 rings (SSSR count). The Bertz CT molecular complexity index is 1100. The minimum absolute atomic E-state index is 0. The van der Waals surface area contributed by atoms with Crippen LogP contribution in [0.15, 0.2) is 47.6 Å². The number of rotatable bonds is 7. The fourth-order valence-corrected chi connectivity index (χ4v) is 10.5. The summed E-state index contributed by atoms with van der Waals surface area (Å²) in [5.74, 6) is 5.07. The average Bonchev–Trinajstić information content (AvgIpc) is 3.58. The number of aliphatic hydroxyl groups is 3. The molecule has 0 bridgehead atoms. The molecular weight excluding hydrogens is 622 g/mol. The van der Waals surface area contributed by atoms with Crippen molar-refractivity contribution in [2.24, 2.45) is 58.2 Å². The first-order valence-electron chi connectivity index (χ1n) is 18.9. The predicted molar refractivity (Wildman–Crippen MR) is 199 cm³/mol. The summed E-state index contributed by atoms with van der Waals surface area (Å²) >= 11 is 0. The molecular formula is C41H71BNaO6. The van der Waals surface area contributed by atoms with E-state index >= 15 is 0 Å². The Labute approximate surface area is 325 Å². The topological polar surface area (TPSA) is 110 Å². The van der Waals surface area contributed by atoms with Crippen LogP contribution in [0.2, 0.25) is 0 Å². The van der Waals surface area contributed by atoms with E-state index in [0.717, 1.165) is 56.3 Å². The summed E-state index contributed by atoms with van der Waals surface area (Å²) in [5.41, 5.74) is 4.90. The Kier molecular flexibility index (Phi) is 20.5. The van der Waals surface area contributed by atoms with E-state index in [1.165, 1.54) is 56.1 Å². The monoisotopic (exact) mass is 694 g/mol. The van der Waals surface area contributed by atoms with Crippen molar-refractivity contribution in [3.05, 3.63) is 47.6 Å². The molecule has 0 spiro atoms. The molecule has 3 radical (unpaired) electrons. The van der Waals surface area contributed by atoms with Crippen molar-refractivity contribution in [1.29, 1.82) is 0 Å². The van der Waals surface area contributed by atoms with Crippen molar-refractivity contribution in [3.63, 3.8) is 0 Å². The van der Waals surface area contributed by atoms with Gasteiger partial charge in [0.05, 0.1) is 12.2 Å². The number of aliphatic hydroxyl groups excluding tert-OH is 3. The van der Waals surface area contributed by atoms with Crippen molar-refractivity contribution in [2.45, 2.75) is 144 Å². The Morgan fingerprint density at radius 1 is 0.857 bits per heavy atom. The quantitative estimate of drug-likeness (QED) is 0.0900. The molecule has 5 unspecified atom stereocenters. The number of fused-ring (bicyclic) bond motifs is 2. The van der Waals surface area contributed by atoms with E-state index in [9.17, 15) is 15.3 Å². The van der Waals surface area contributed by atoms with Gasteiger partial charge in [-0.25, -0.2) is 10.5 Å². The summed E-state index contributed by atoms with van der Waals surface area (Å²) in [7, 11) is 0. The maximum Gasteiger partial charge on any atom is 1.00 e. The van der Waals surface area contributed by atoms with E-state index in [1.807, 2.05) is 0 Å². The van der Waals surface area contributed by atoms with E-state index in [1.54, 1.807) is 5.57 Å². The van der Waals surface area contributed by atoms with Crippen LogP contribution in [-0.4, -0.2) is 53.1 Å². The molecule has 5 aliphatic rings. The Hall–Kier alpha value is -0.215. The third-order valence-corrected chi connectivity index (χ3v) is 13.8. The number of allylic oxidation sites excluding steroid dienone is 6. The maximum atomic E-state index is 10.1. The van der Waals surface area contributed by atoms with E-state index in [-0.39, 0.29) is 51.6 Å². The van der Waals surface area contributed by atoms with Gasteiger partial charge in [0, 0.05) is 15.0 Å². The van der Waals surface area contributed by atoms with E-state index in [4.69, 9.17) is 10.5 Å². The first-order valence-corrected chi connectivity index (χ1v) is 18.9. The molecule has 0 aromatic heterocycles. The Balaban J connectivity index is 0.000000968. The first-order chi connectivity index (χ1) is 22.2. The third-order valence-electron chi connectivity index (χ3n) is 13.8. The van der Waals surface area contributed by atoms with Gasteiger partial charge in [-0.2, -0.15) is 0 Å². The minimum atomic E-state index is -0.182. The molecule has 5 saturated carbocycles. The molecule has 0 saturated heterocycles. The molecule has 11 atom stereocenters. The average molecular weight is 694 g/mol. The summed E-state index contributed by atoms with van der Waals surface area (Å²) in [6.07, 6.45) is 24.4. The maximum absolute atomic E-state index is 10.1. The predicted octanol–water partition coefficient (Wildman–Crippen LogP) is 6.52. The molecule has 0 amide bonds. The summed E-state index contributed by atoms with van der Waals surface area (Å²) in [4.78, 5) is 0. The number of hydrogen-bond acceptors (Lipinski definition) is 6. The minimum Gasteiger partial charge on any atom is -1.00 e. The van der Waals surface area contributed by atoms with Gasteiger partial charge in [-0.3, -0.25) is 0 Å². The molecule has 275 valence electrons. The van der Waals surface area contributed by atoms with E-state index in [2.05, 4.69) is 84.4 Å². The Morgan fingerprint density at radius 2 is 1.49 bits per heavy atom. The van der Waals surface area contributed by atoms with Crippen molar-refractivity contribution in [3.8, 4) is 0 Å². The summed E-state index contributed by atoms with van der Waals surface area (Å²) in [6.45, 7) is 21.0. The fraction of sp³-hybridized carbons (Fsp3) is 0.805. The molecule has 6 nitrogen and oxygen atoms in total. The van der Waals surface area contributed by atoms with Gasteiger partial charge in [0.1, 0.15) is 0 Å². The molecule has 49 heavy (non-hydrogen) atoms. The van der Waals surface area contributed by atoms with Crippen LogP contribution in [0.1, 0.15) is 133 Å². The zero-order chi connectivity index (χ0) is 34.9. The summed E-state index contributed by atoms with van der Waals surface area (Å²) in [5, 5.41) is 44.9. The van der Waals surface area contributed by atoms with Gasteiger partial charge in [-0.1, -0.05) is 102 Å². The molecule has 0 aromatic carbocycles. The molecule has 0 aromatic rings. The molecule has 0 heterocycles. The summed E-state index contributed by atoms with van der Waals surface area (Å²) < 4.78 is 0. The second kappa shape index (κ2) is 21.5. The summed E-state index contributed by atoms with van der Waals surface area (Å²) in [6, 6.07) is 0. The normalized spacial score (nSPS) is 37.5. The van der Waals surface area contributed by atoms with Crippen LogP contribution in [0.4, 0.5) is 0 Å². The van der Waals surface area contributed by atoms with Gasteiger partial charge >= 0.3 is 29.6 Å². The zero-order valence-electron chi connectivity index (χ0n) is 33.4. The molecule has 8 heteroatoms. The van der Waals surface area contributed by atoms with Crippen LogP contribution in [0, 0.1) is 58.2 Å². The van der Waals surface area contributed by atoms with Gasteiger partial charge in [0.2, 0.25) is 0 Å². The van der Waals surface area contributed by atoms with Gasteiger partial charge in [0.15, 0.2) is 0 Å². The van der Waals surface area contributed by atoms with Gasteiger partial charge in [-0.05, 0) is 141 Å². The smallest absolute Gasteiger partial charge is 1.00 e. The third kappa shape index (κ3) is 11.6. The van der Waals surface area contributed by atoms with E-state index < -0.39 is 0 Å². The van der Waals surface area contributed by atoms with Crippen LogP contribution in [0.5, 0.6) is 0 Å². The SMILES string of the molecule is C=C1CC[C@H](O)C/C1=C/C=C1\CCCC2(C)C1CC[C@H]2[C@@H](C)/C=C/[C@H](C)C(C)C.C[C@H](CO)[C@H]1CCC2C(O)CCCC21C.OOO.[B].[H-].[Na+]. The van der Waals surface area contributed by atoms with Crippen molar-refractivity contribution in [2.75, 3.05) is 6.61 Å². The van der Waals surface area contributed by atoms with Crippen molar-refractivity contribution < 1.29 is 61.9 Å². The largest absolute Gasteiger partial charge is 1.00 e. The van der Waals surface area contributed by atoms with Gasteiger partial charge in [0.25, 0.3) is 0 Å². The fourth-order valence-electron chi connectivity index (χ4n) is 10.5. The van der Waals surface area contributed by atoms with Crippen LogP contribution in [0.3, 0.4) is 0 Å². The van der Waals surface area contributed by atoms with Crippen LogP contribution >= 0.6 is 0 Å². The molecule has 0 aliphatic heterocycles. The van der Waals surface area contributed by atoms with Gasteiger partial charge < -0.3 is 16.7 Å². The molecule has 5 N–H and O–H groups in total. The second-order valence-electron chi connectivity index (χ2n) is 16.9. The van der Waals surface area contributed by atoms with Crippen molar-refractivity contribution in [1.82, 2.24) is 0 Å². The zero-order valence-corrected chi connectivity index (χ0v) is 34.4. The van der Waals surface area contributed by atoms with Crippen LogP contribution in [0.25, 0.3) is 0 Å². The standard InChI is InChI=1S/C28H44O.C13H24O2.B.Na.H2O3.H/c1-19(2)20(3)9-10-22(5)26-15-16-27-23(8-7-17-28(26,27)6)12-13-24-18-25(29)14-11-21(24)4;1-9(8-14)10-5-6-11-12(15)4-3-7-13(10,11)2;;;1-3-2;/h9-10,12-13,19-20,22,25-27,29H,4,7-8,11,14-18H2,1-3,5-6H3;9-12,14-15H,3-8H2,1-2H3;;;1-2H;/q;;;+1;;-1/b10-9+,23-12+,24-13-;;;;;/t20-,22-,25-,26-,27?,28?;9-,10-,11?,12?,13?;;;;/m01..../s1. The van der Waals surface area contributed by atoms with Gasteiger partial charge in [-0.15, -0.1) is 0 Å². The molecule has 5 aliphatic carbocycles. The number of hydrogen-bond donors (Lipinski definition) is 5. The van der Waals surface area contributed by atoms with Crippen LogP contribution in [-0.2, 0) is 5.04 Å². The van der Waals surface area contributed by atoms with Crippen LogP contribution < -0.4 is 29.6 Å². The van der Waals surface area contributed by atoms with Crippen molar-refractivity contribution >= 4 is 8.41 Å². The van der Waals surface area contributed by atoms with E-state index in [0.29, 0.717) is 47.0 Å². The Morgan fingerprint density at radius 3 is 2.12 bits per heavy atom. The second-order valence-corrected chi connectivity index (χ2v) is 16.9. The molecule has 5 fully saturated rings. The first kappa shape index (κ1) is 46.8.